The Morgan fingerprint density at radius 2 is 1.96 bits per heavy atom. The van der Waals surface area contributed by atoms with Crippen LogP contribution in [0.4, 0.5) is 0 Å². The molecule has 0 saturated heterocycles. The number of hydrogen-bond acceptors (Lipinski definition) is 5. The summed E-state index contributed by atoms with van der Waals surface area (Å²) in [6.45, 7) is -0.244. The minimum atomic E-state index is -0.684. The van der Waals surface area contributed by atoms with E-state index in [1.54, 1.807) is 0 Å². The van der Waals surface area contributed by atoms with Crippen LogP contribution in [0.3, 0.4) is 0 Å². The Kier molecular flexibility index (Phi) is 6.02. The molecule has 0 aliphatic heterocycles. The SMILES string of the molecule is NC(=O)[C@@H](NC(=O)CNC(=O)c1cnccn1)C1CCCCC1. The lowest BCUT2D eigenvalue weighted by molar-refractivity contribution is -0.128. The van der Waals surface area contributed by atoms with Gasteiger partial charge >= 0.3 is 0 Å². The van der Waals surface area contributed by atoms with Crippen molar-refractivity contribution in [3.8, 4) is 0 Å². The van der Waals surface area contributed by atoms with Crippen LogP contribution in [0.15, 0.2) is 18.6 Å². The highest BCUT2D eigenvalue weighted by Crippen LogP contribution is 2.26. The van der Waals surface area contributed by atoms with Gasteiger partial charge in [0.25, 0.3) is 5.91 Å². The Balaban J connectivity index is 1.84. The number of rotatable bonds is 6. The van der Waals surface area contributed by atoms with Gasteiger partial charge in [-0.25, -0.2) is 4.98 Å². The predicted octanol–water partition coefficient (Wildman–Crippen LogP) is -0.243. The van der Waals surface area contributed by atoms with E-state index in [2.05, 4.69) is 20.6 Å². The summed E-state index contributed by atoms with van der Waals surface area (Å²) in [5.41, 5.74) is 5.53. The average Bonchev–Trinajstić information content (AvgIpc) is 2.58. The molecule has 1 aliphatic carbocycles. The number of nitrogens with one attached hydrogen (secondary N) is 2. The summed E-state index contributed by atoms with van der Waals surface area (Å²) in [6, 6.07) is -0.684. The third-order valence-corrected chi connectivity index (χ3v) is 3.95. The number of primary amides is 1. The van der Waals surface area contributed by atoms with E-state index in [-0.39, 0.29) is 18.2 Å². The first-order valence-electron chi connectivity index (χ1n) is 7.71. The van der Waals surface area contributed by atoms with Crippen molar-refractivity contribution in [2.75, 3.05) is 6.54 Å². The summed E-state index contributed by atoms with van der Waals surface area (Å²) in [4.78, 5) is 43.0. The van der Waals surface area contributed by atoms with E-state index in [1.807, 2.05) is 0 Å². The van der Waals surface area contributed by atoms with E-state index in [9.17, 15) is 14.4 Å². The van der Waals surface area contributed by atoms with Crippen LogP contribution >= 0.6 is 0 Å². The Hall–Kier alpha value is -2.51. The van der Waals surface area contributed by atoms with E-state index in [0.717, 1.165) is 32.1 Å². The van der Waals surface area contributed by atoms with Crippen LogP contribution in [0, 0.1) is 5.92 Å². The molecular weight excluding hydrogens is 298 g/mol. The zero-order valence-electron chi connectivity index (χ0n) is 12.8. The van der Waals surface area contributed by atoms with Crippen LogP contribution in [0.25, 0.3) is 0 Å². The van der Waals surface area contributed by atoms with Gasteiger partial charge in [0.2, 0.25) is 11.8 Å². The third kappa shape index (κ3) is 5.01. The van der Waals surface area contributed by atoms with Crippen LogP contribution < -0.4 is 16.4 Å². The van der Waals surface area contributed by atoms with Crippen molar-refractivity contribution in [3.05, 3.63) is 24.3 Å². The Bertz CT molecular complexity index is 557. The van der Waals surface area contributed by atoms with Crippen molar-refractivity contribution < 1.29 is 14.4 Å². The van der Waals surface area contributed by atoms with Gasteiger partial charge in [-0.2, -0.15) is 0 Å². The van der Waals surface area contributed by atoms with Crippen LogP contribution in [-0.2, 0) is 9.59 Å². The minimum absolute atomic E-state index is 0.0703. The fourth-order valence-electron chi connectivity index (χ4n) is 2.78. The van der Waals surface area contributed by atoms with Crippen molar-refractivity contribution in [2.45, 2.75) is 38.1 Å². The van der Waals surface area contributed by atoms with E-state index < -0.39 is 23.8 Å². The van der Waals surface area contributed by atoms with Gasteiger partial charge in [-0.3, -0.25) is 19.4 Å². The fourth-order valence-corrected chi connectivity index (χ4v) is 2.78. The maximum atomic E-state index is 12.0. The molecule has 2 rings (SSSR count). The van der Waals surface area contributed by atoms with Gasteiger partial charge in [0, 0.05) is 12.4 Å². The van der Waals surface area contributed by atoms with Gasteiger partial charge in [0.05, 0.1) is 12.7 Å². The molecule has 1 aliphatic rings. The van der Waals surface area contributed by atoms with Crippen molar-refractivity contribution in [1.29, 1.82) is 0 Å². The molecular formula is C15H21N5O3. The molecule has 8 nitrogen and oxygen atoms in total. The molecule has 4 N–H and O–H groups in total. The smallest absolute Gasteiger partial charge is 0.271 e. The zero-order chi connectivity index (χ0) is 16.7. The molecule has 0 spiro atoms. The number of nitrogens with two attached hydrogens (primary N) is 1. The first-order chi connectivity index (χ1) is 11.1. The molecule has 1 heterocycles. The second-order valence-electron chi connectivity index (χ2n) is 5.62. The molecule has 124 valence electrons. The summed E-state index contributed by atoms with van der Waals surface area (Å²) >= 11 is 0. The number of aromatic nitrogens is 2. The van der Waals surface area contributed by atoms with Crippen molar-refractivity contribution in [3.63, 3.8) is 0 Å². The van der Waals surface area contributed by atoms with Crippen LogP contribution in [0.2, 0.25) is 0 Å². The van der Waals surface area contributed by atoms with Crippen molar-refractivity contribution in [1.82, 2.24) is 20.6 Å². The largest absolute Gasteiger partial charge is 0.368 e. The molecule has 8 heteroatoms. The molecule has 0 radical (unpaired) electrons. The maximum absolute atomic E-state index is 12.0. The van der Waals surface area contributed by atoms with Crippen LogP contribution in [0.5, 0.6) is 0 Å². The maximum Gasteiger partial charge on any atom is 0.271 e. The highest BCUT2D eigenvalue weighted by Gasteiger charge is 2.29. The lowest BCUT2D eigenvalue weighted by Gasteiger charge is -2.28. The van der Waals surface area contributed by atoms with Gasteiger partial charge < -0.3 is 16.4 Å². The molecule has 3 amide bonds. The van der Waals surface area contributed by atoms with E-state index >= 15 is 0 Å². The van der Waals surface area contributed by atoms with Crippen molar-refractivity contribution >= 4 is 17.7 Å². The van der Waals surface area contributed by atoms with Crippen LogP contribution in [-0.4, -0.2) is 40.3 Å². The first-order valence-corrected chi connectivity index (χ1v) is 7.71. The topological polar surface area (TPSA) is 127 Å². The molecule has 1 saturated carbocycles. The van der Waals surface area contributed by atoms with Crippen molar-refractivity contribution in [2.24, 2.45) is 11.7 Å². The normalized spacial score (nSPS) is 16.3. The Labute approximate surface area is 134 Å². The summed E-state index contributed by atoms with van der Waals surface area (Å²) in [5.74, 6) is -1.41. The predicted molar refractivity (Wildman–Crippen MR) is 82.1 cm³/mol. The number of carbonyl (C=O) groups is 3. The summed E-state index contributed by atoms with van der Waals surface area (Å²) in [6.07, 6.45) is 9.11. The highest BCUT2D eigenvalue weighted by atomic mass is 16.2. The number of hydrogen-bond donors (Lipinski definition) is 3. The molecule has 23 heavy (non-hydrogen) atoms. The zero-order valence-corrected chi connectivity index (χ0v) is 12.8. The Morgan fingerprint density at radius 3 is 2.57 bits per heavy atom. The molecule has 1 aromatic rings. The van der Waals surface area contributed by atoms with Gasteiger partial charge in [-0.15, -0.1) is 0 Å². The second-order valence-corrected chi connectivity index (χ2v) is 5.62. The lowest BCUT2D eigenvalue weighted by atomic mass is 9.83. The van der Waals surface area contributed by atoms with Gasteiger partial charge in [-0.05, 0) is 18.8 Å². The van der Waals surface area contributed by atoms with E-state index in [4.69, 9.17) is 5.73 Å². The summed E-state index contributed by atoms with van der Waals surface area (Å²) < 4.78 is 0. The molecule has 1 aromatic heterocycles. The quantitative estimate of drug-likeness (QED) is 0.666. The van der Waals surface area contributed by atoms with Crippen LogP contribution in [0.1, 0.15) is 42.6 Å². The number of carbonyl (C=O) groups excluding carboxylic acids is 3. The van der Waals surface area contributed by atoms with E-state index in [0.29, 0.717) is 0 Å². The molecule has 0 aromatic carbocycles. The third-order valence-electron chi connectivity index (χ3n) is 3.95. The first kappa shape index (κ1) is 16.9. The van der Waals surface area contributed by atoms with Gasteiger partial charge in [-0.1, -0.05) is 19.3 Å². The summed E-state index contributed by atoms with van der Waals surface area (Å²) in [5, 5.41) is 5.07. The van der Waals surface area contributed by atoms with Gasteiger partial charge in [0.15, 0.2) is 0 Å². The number of nitrogens with zero attached hydrogens (tertiary/aromatic N) is 2. The second kappa shape index (κ2) is 8.21. The summed E-state index contributed by atoms with van der Waals surface area (Å²) in [7, 11) is 0. The van der Waals surface area contributed by atoms with E-state index in [1.165, 1.54) is 18.6 Å². The fraction of sp³-hybridized carbons (Fsp3) is 0.533. The standard InChI is InChI=1S/C15H21N5O3/c16-14(22)13(10-4-2-1-3-5-10)20-12(21)9-19-15(23)11-8-17-6-7-18-11/h6-8,10,13H,1-5,9H2,(H2,16,22)(H,19,23)(H,20,21)/t13-/m0/s1. The molecule has 0 bridgehead atoms. The average molecular weight is 319 g/mol. The lowest BCUT2D eigenvalue weighted by Crippen LogP contribution is -2.52. The Morgan fingerprint density at radius 1 is 1.22 bits per heavy atom. The monoisotopic (exact) mass is 319 g/mol. The van der Waals surface area contributed by atoms with Gasteiger partial charge in [0.1, 0.15) is 11.7 Å². The molecule has 1 fully saturated rings. The molecule has 1 atom stereocenters. The molecule has 0 unspecified atom stereocenters. The minimum Gasteiger partial charge on any atom is -0.368 e. The number of amides is 3. The highest BCUT2D eigenvalue weighted by molar-refractivity contribution is 5.95.